The highest BCUT2D eigenvalue weighted by atomic mass is 28.3. The van der Waals surface area contributed by atoms with E-state index in [1.165, 1.54) is 31.4 Å². The summed E-state index contributed by atoms with van der Waals surface area (Å²) in [6.45, 7) is 32.3. The van der Waals surface area contributed by atoms with Crippen molar-refractivity contribution in [2.45, 2.75) is 132 Å². The maximum absolute atomic E-state index is 11.5. The third-order valence-corrected chi connectivity index (χ3v) is 10.8. The summed E-state index contributed by atoms with van der Waals surface area (Å²) < 4.78 is 13.8. The normalized spacial score (nSPS) is 31.9. The molecule has 0 radical (unpaired) electrons. The number of fused-ring (bicyclic) bond motifs is 1. The second kappa shape index (κ2) is 11.2. The fourth-order valence-electron chi connectivity index (χ4n) is 6.64. The molecule has 204 valence electrons. The van der Waals surface area contributed by atoms with Crippen LogP contribution < -0.4 is 0 Å². The van der Waals surface area contributed by atoms with Gasteiger partial charge in [0.25, 0.3) is 0 Å². The minimum Gasteiger partial charge on any atom is -0.550 e. The van der Waals surface area contributed by atoms with Crippen LogP contribution in [0.25, 0.3) is 0 Å². The van der Waals surface area contributed by atoms with E-state index in [-0.39, 0.29) is 28.1 Å². The Balaban J connectivity index is 2.71. The van der Waals surface area contributed by atoms with Crippen molar-refractivity contribution in [2.75, 3.05) is 0 Å². The molecule has 2 fully saturated rings. The van der Waals surface area contributed by atoms with Gasteiger partial charge in [-0.25, -0.2) is 0 Å². The fourth-order valence-corrected chi connectivity index (χ4v) is 8.69. The molecule has 2 rings (SSSR count). The third kappa shape index (κ3) is 6.56. The van der Waals surface area contributed by atoms with E-state index in [0.29, 0.717) is 5.92 Å². The van der Waals surface area contributed by atoms with Gasteiger partial charge < -0.3 is 14.0 Å². The SMILES string of the molecule is C=C1C[C@H]2[C@@H](C(=CC(C)(CCCCC)C(C)(C)C)O[SiH](C)C)[C@H](C(C)(C)C)C[C@@]2(O[SiH](C)C)C1O. The van der Waals surface area contributed by atoms with Crippen molar-refractivity contribution in [2.24, 2.45) is 34.0 Å². The molecule has 2 saturated carbocycles. The molecule has 0 amide bonds. The smallest absolute Gasteiger partial charge is 0.229 e. The van der Waals surface area contributed by atoms with Crippen molar-refractivity contribution >= 4 is 18.1 Å². The first-order chi connectivity index (χ1) is 15.9. The Morgan fingerprint density at radius 1 is 1.06 bits per heavy atom. The van der Waals surface area contributed by atoms with E-state index >= 15 is 0 Å². The minimum atomic E-state index is -1.38. The average Bonchev–Trinajstić information content (AvgIpc) is 3.11. The lowest BCUT2D eigenvalue weighted by Crippen LogP contribution is -2.47. The summed E-state index contributed by atoms with van der Waals surface area (Å²) in [5.41, 5.74) is 0.690. The third-order valence-electron chi connectivity index (χ3n) is 9.11. The molecular weight excluding hydrogens is 464 g/mol. The molecule has 0 aromatic heterocycles. The van der Waals surface area contributed by atoms with E-state index in [0.717, 1.165) is 18.4 Å². The van der Waals surface area contributed by atoms with Gasteiger partial charge in [0.1, 0.15) is 6.10 Å². The maximum Gasteiger partial charge on any atom is 0.229 e. The Hall–Kier alpha value is -0.366. The summed E-state index contributed by atoms with van der Waals surface area (Å²) in [5, 5.41) is 11.5. The van der Waals surface area contributed by atoms with Crippen LogP contribution in [-0.2, 0) is 8.85 Å². The number of hydrogen-bond acceptors (Lipinski definition) is 3. The molecule has 6 atom stereocenters. The largest absolute Gasteiger partial charge is 0.550 e. The van der Waals surface area contributed by atoms with Crippen LogP contribution in [0.5, 0.6) is 0 Å². The van der Waals surface area contributed by atoms with Crippen LogP contribution in [0.2, 0.25) is 26.2 Å². The number of allylic oxidation sites excluding steroid dienone is 2. The van der Waals surface area contributed by atoms with Gasteiger partial charge in [0, 0.05) is 11.8 Å². The van der Waals surface area contributed by atoms with Crippen LogP contribution in [-0.4, -0.2) is 34.9 Å². The van der Waals surface area contributed by atoms with Crippen LogP contribution in [0.3, 0.4) is 0 Å². The Morgan fingerprint density at radius 3 is 2.11 bits per heavy atom. The van der Waals surface area contributed by atoms with Gasteiger partial charge in [0.15, 0.2) is 9.04 Å². The van der Waals surface area contributed by atoms with E-state index < -0.39 is 29.8 Å². The summed E-state index contributed by atoms with van der Waals surface area (Å²) in [7, 11) is -2.73. The van der Waals surface area contributed by atoms with Crippen molar-refractivity contribution in [3.8, 4) is 0 Å². The van der Waals surface area contributed by atoms with Gasteiger partial charge in [-0.3, -0.25) is 0 Å². The quantitative estimate of drug-likeness (QED) is 0.137. The molecule has 0 aromatic carbocycles. The zero-order valence-corrected chi connectivity index (χ0v) is 27.6. The van der Waals surface area contributed by atoms with Crippen LogP contribution in [0, 0.1) is 34.0 Å². The zero-order chi connectivity index (χ0) is 27.0. The highest BCUT2D eigenvalue weighted by Crippen LogP contribution is 2.63. The highest BCUT2D eigenvalue weighted by molar-refractivity contribution is 6.49. The van der Waals surface area contributed by atoms with Crippen LogP contribution >= 0.6 is 0 Å². The van der Waals surface area contributed by atoms with Crippen molar-refractivity contribution < 1.29 is 14.0 Å². The molecule has 0 heterocycles. The first kappa shape index (κ1) is 30.9. The number of unbranched alkanes of at least 4 members (excludes halogenated alkanes) is 2. The second-order valence-corrected chi connectivity index (χ2v) is 19.2. The van der Waals surface area contributed by atoms with Crippen molar-refractivity contribution in [3.05, 3.63) is 24.0 Å². The Labute approximate surface area is 221 Å². The van der Waals surface area contributed by atoms with E-state index in [4.69, 9.17) is 8.85 Å². The molecule has 0 bridgehead atoms. The molecule has 0 aromatic rings. The average molecular weight is 523 g/mol. The lowest BCUT2D eigenvalue weighted by Gasteiger charge is -2.43. The standard InChI is InChI=1S/C30H58O3Si2/c1-14-15-16-17-29(9,28(6,7)8)20-24(32-34(10)11)25-22-18-21(2)26(31)30(22,33-35(12)13)19-23(25)27(3,4)5/h20,22-23,25-26,31,34-35H,2,14-19H2,1,3-13H3/t22-,23+,25+,26?,29?,30-/m0/s1. The molecule has 0 spiro atoms. The number of aliphatic hydroxyl groups excluding tert-OH is 1. The zero-order valence-electron chi connectivity index (χ0n) is 25.3. The van der Waals surface area contributed by atoms with Crippen molar-refractivity contribution in [3.63, 3.8) is 0 Å². The van der Waals surface area contributed by atoms with Crippen molar-refractivity contribution in [1.29, 1.82) is 0 Å². The molecule has 35 heavy (non-hydrogen) atoms. The molecule has 2 aliphatic carbocycles. The summed E-state index contributed by atoms with van der Waals surface area (Å²) in [6, 6.07) is 0. The number of aliphatic hydroxyl groups is 1. The lowest BCUT2D eigenvalue weighted by molar-refractivity contribution is -0.0455. The predicted octanol–water partition coefficient (Wildman–Crippen LogP) is 7.86. The van der Waals surface area contributed by atoms with E-state index in [2.05, 4.69) is 94.2 Å². The summed E-state index contributed by atoms with van der Waals surface area (Å²) in [5.74, 6) is 2.06. The van der Waals surface area contributed by atoms with E-state index in [1.807, 2.05) is 0 Å². The van der Waals surface area contributed by atoms with Gasteiger partial charge in [-0.15, -0.1) is 0 Å². The minimum absolute atomic E-state index is 0.0381. The van der Waals surface area contributed by atoms with Crippen LogP contribution in [0.1, 0.15) is 93.9 Å². The maximum atomic E-state index is 11.5. The van der Waals surface area contributed by atoms with E-state index in [9.17, 15) is 5.11 Å². The molecule has 0 aliphatic heterocycles. The molecule has 5 heteroatoms. The summed E-state index contributed by atoms with van der Waals surface area (Å²) in [6.07, 6.45) is 8.62. The monoisotopic (exact) mass is 522 g/mol. The highest BCUT2D eigenvalue weighted by Gasteiger charge is 2.65. The van der Waals surface area contributed by atoms with Gasteiger partial charge >= 0.3 is 0 Å². The van der Waals surface area contributed by atoms with Gasteiger partial charge in [-0.2, -0.15) is 0 Å². The molecule has 2 aliphatic rings. The van der Waals surface area contributed by atoms with Gasteiger partial charge in [0.05, 0.1) is 11.4 Å². The molecular formula is C30H58O3Si2. The Kier molecular flexibility index (Phi) is 9.85. The molecule has 1 N–H and O–H groups in total. The summed E-state index contributed by atoms with van der Waals surface area (Å²) >= 11 is 0. The second-order valence-electron chi connectivity index (χ2n) is 14.5. The van der Waals surface area contributed by atoms with Crippen molar-refractivity contribution in [1.82, 2.24) is 0 Å². The molecule has 3 nitrogen and oxygen atoms in total. The Morgan fingerprint density at radius 2 is 1.66 bits per heavy atom. The molecule has 2 unspecified atom stereocenters. The fraction of sp³-hybridized carbons (Fsp3) is 0.867. The number of hydrogen-bond donors (Lipinski definition) is 1. The predicted molar refractivity (Wildman–Crippen MR) is 157 cm³/mol. The van der Waals surface area contributed by atoms with Gasteiger partial charge in [0.2, 0.25) is 9.04 Å². The topological polar surface area (TPSA) is 38.7 Å². The first-order valence-corrected chi connectivity index (χ1v) is 19.9. The van der Waals surface area contributed by atoms with E-state index in [1.54, 1.807) is 0 Å². The first-order valence-electron chi connectivity index (χ1n) is 14.3. The van der Waals surface area contributed by atoms with Gasteiger partial charge in [-0.1, -0.05) is 81.2 Å². The number of rotatable bonds is 10. The Bertz CT molecular complexity index is 761. The molecule has 0 saturated heterocycles. The lowest BCUT2D eigenvalue weighted by atomic mass is 9.63. The van der Waals surface area contributed by atoms with Crippen LogP contribution in [0.4, 0.5) is 0 Å². The van der Waals surface area contributed by atoms with Crippen LogP contribution in [0.15, 0.2) is 24.0 Å². The summed E-state index contributed by atoms with van der Waals surface area (Å²) in [4.78, 5) is 0. The van der Waals surface area contributed by atoms with Gasteiger partial charge in [-0.05, 0) is 79.3 Å².